The molecule has 0 aromatic carbocycles. The maximum absolute atomic E-state index is 11.8. The molecule has 7 nitrogen and oxygen atoms in total. The lowest BCUT2D eigenvalue weighted by molar-refractivity contribution is 0.0690. The molecule has 2 rings (SSSR count). The lowest BCUT2D eigenvalue weighted by Gasteiger charge is -2.09. The molecule has 1 aliphatic heterocycles. The number of carboxylic acids is 1. The molecule has 19 heavy (non-hydrogen) atoms. The highest BCUT2D eigenvalue weighted by atomic mass is 32.2. The van der Waals surface area contributed by atoms with Crippen molar-refractivity contribution < 1.29 is 23.1 Å². The second kappa shape index (κ2) is 4.81. The summed E-state index contributed by atoms with van der Waals surface area (Å²) in [6.45, 7) is 0. The number of carboxylic acid groups (broad SMARTS) is 1. The highest BCUT2D eigenvalue weighted by molar-refractivity contribution is 7.94. The summed E-state index contributed by atoms with van der Waals surface area (Å²) in [4.78, 5) is 26.1. The van der Waals surface area contributed by atoms with Crippen molar-refractivity contribution in [2.45, 2.75) is 6.04 Å². The summed E-state index contributed by atoms with van der Waals surface area (Å²) >= 11 is 0. The zero-order valence-corrected chi connectivity index (χ0v) is 10.4. The average molecular weight is 282 g/mol. The molecule has 8 heteroatoms. The number of aromatic carboxylic acids is 1. The minimum atomic E-state index is -3.25. The lowest BCUT2D eigenvalue weighted by atomic mass is 10.2. The molecule has 0 fully saturated rings. The molecule has 1 atom stereocenters. The fraction of sp³-hybridized carbons (Fsp3) is 0.182. The van der Waals surface area contributed by atoms with Gasteiger partial charge in [0.05, 0.1) is 11.8 Å². The van der Waals surface area contributed by atoms with Gasteiger partial charge in [0.15, 0.2) is 9.84 Å². The summed E-state index contributed by atoms with van der Waals surface area (Å²) in [5, 5.41) is 12.3. The number of aromatic nitrogens is 1. The molecular weight excluding hydrogens is 272 g/mol. The van der Waals surface area contributed by atoms with Gasteiger partial charge >= 0.3 is 5.97 Å². The average Bonchev–Trinajstić information content (AvgIpc) is 2.68. The SMILES string of the molecule is O=C(NC1C=CS(=O)(=O)C1)c1ccnc(C(=O)O)c1. The molecule has 1 aromatic rings. The van der Waals surface area contributed by atoms with Crippen LogP contribution in [0.4, 0.5) is 0 Å². The molecule has 2 heterocycles. The van der Waals surface area contributed by atoms with E-state index in [1.807, 2.05) is 0 Å². The van der Waals surface area contributed by atoms with E-state index in [0.29, 0.717) is 0 Å². The van der Waals surface area contributed by atoms with Crippen LogP contribution >= 0.6 is 0 Å². The Bertz CT molecular complexity index is 665. The Kier molecular flexibility index (Phi) is 3.34. The second-order valence-corrected chi connectivity index (χ2v) is 5.90. The number of hydrogen-bond donors (Lipinski definition) is 2. The number of carbonyl (C=O) groups excluding carboxylic acids is 1. The molecule has 0 bridgehead atoms. The van der Waals surface area contributed by atoms with Crippen molar-refractivity contribution in [1.29, 1.82) is 0 Å². The van der Waals surface area contributed by atoms with E-state index in [1.54, 1.807) is 0 Å². The summed E-state index contributed by atoms with van der Waals surface area (Å²) < 4.78 is 22.4. The van der Waals surface area contributed by atoms with Gasteiger partial charge in [0.1, 0.15) is 5.69 Å². The predicted molar refractivity (Wildman–Crippen MR) is 65.4 cm³/mol. The highest BCUT2D eigenvalue weighted by Crippen LogP contribution is 2.09. The maximum atomic E-state index is 11.8. The van der Waals surface area contributed by atoms with E-state index in [2.05, 4.69) is 10.3 Å². The van der Waals surface area contributed by atoms with E-state index in [-0.39, 0.29) is 17.0 Å². The van der Waals surface area contributed by atoms with Crippen LogP contribution < -0.4 is 5.32 Å². The Morgan fingerprint density at radius 1 is 1.42 bits per heavy atom. The van der Waals surface area contributed by atoms with Gasteiger partial charge in [-0.3, -0.25) is 4.79 Å². The van der Waals surface area contributed by atoms with Crippen molar-refractivity contribution in [3.05, 3.63) is 41.1 Å². The largest absolute Gasteiger partial charge is 0.477 e. The molecule has 0 saturated carbocycles. The van der Waals surface area contributed by atoms with Crippen molar-refractivity contribution in [2.24, 2.45) is 0 Å². The van der Waals surface area contributed by atoms with Crippen LogP contribution in [-0.2, 0) is 9.84 Å². The molecule has 1 unspecified atom stereocenters. The summed E-state index contributed by atoms with van der Waals surface area (Å²) in [6, 6.07) is 1.89. The van der Waals surface area contributed by atoms with Gasteiger partial charge in [-0.05, 0) is 18.2 Å². The fourth-order valence-corrected chi connectivity index (χ4v) is 2.84. The van der Waals surface area contributed by atoms with E-state index >= 15 is 0 Å². The third-order valence-corrected chi connectivity index (χ3v) is 3.88. The first kappa shape index (κ1) is 13.2. The van der Waals surface area contributed by atoms with Gasteiger partial charge in [0.2, 0.25) is 0 Å². The predicted octanol–water partition coefficient (Wildman–Crippen LogP) is -0.180. The number of pyridine rings is 1. The fourth-order valence-electron chi connectivity index (χ4n) is 1.61. The molecule has 2 N–H and O–H groups in total. The number of nitrogens with zero attached hydrogens (tertiary/aromatic N) is 1. The molecule has 0 radical (unpaired) electrons. The molecule has 1 amide bonds. The van der Waals surface area contributed by atoms with Crippen LogP contribution in [0.2, 0.25) is 0 Å². The minimum Gasteiger partial charge on any atom is -0.477 e. The van der Waals surface area contributed by atoms with E-state index in [0.717, 1.165) is 11.5 Å². The molecular formula is C11H10N2O5S. The van der Waals surface area contributed by atoms with Crippen molar-refractivity contribution in [1.82, 2.24) is 10.3 Å². The summed E-state index contributed by atoms with van der Waals surface area (Å²) in [6.07, 6.45) is 2.59. The van der Waals surface area contributed by atoms with E-state index in [1.165, 1.54) is 18.3 Å². The number of carbonyl (C=O) groups is 2. The molecule has 1 aliphatic rings. The quantitative estimate of drug-likeness (QED) is 0.795. The highest BCUT2D eigenvalue weighted by Gasteiger charge is 2.23. The second-order valence-electron chi connectivity index (χ2n) is 3.97. The summed E-state index contributed by atoms with van der Waals surface area (Å²) in [7, 11) is -3.25. The normalized spacial score (nSPS) is 20.1. The van der Waals surface area contributed by atoms with Crippen molar-refractivity contribution in [2.75, 3.05) is 5.75 Å². The Hall–Kier alpha value is -2.22. The molecule has 0 aliphatic carbocycles. The lowest BCUT2D eigenvalue weighted by Crippen LogP contribution is -2.35. The third kappa shape index (κ3) is 3.16. The van der Waals surface area contributed by atoms with Crippen molar-refractivity contribution >= 4 is 21.7 Å². The van der Waals surface area contributed by atoms with Gasteiger partial charge in [-0.2, -0.15) is 0 Å². The van der Waals surface area contributed by atoms with Crippen LogP contribution in [0.15, 0.2) is 29.8 Å². The minimum absolute atomic E-state index is 0.116. The van der Waals surface area contributed by atoms with Gasteiger partial charge < -0.3 is 10.4 Å². The van der Waals surface area contributed by atoms with Crippen LogP contribution in [0, 0.1) is 0 Å². The third-order valence-electron chi connectivity index (χ3n) is 2.49. The van der Waals surface area contributed by atoms with Gasteiger partial charge in [0.25, 0.3) is 5.91 Å². The Morgan fingerprint density at radius 3 is 2.74 bits per heavy atom. The Balaban J connectivity index is 2.11. The first-order chi connectivity index (χ1) is 8.87. The number of nitrogens with one attached hydrogen (secondary N) is 1. The van der Waals surface area contributed by atoms with Gasteiger partial charge in [-0.15, -0.1) is 0 Å². The summed E-state index contributed by atoms with van der Waals surface area (Å²) in [5.41, 5.74) is -0.132. The molecule has 1 aromatic heterocycles. The van der Waals surface area contributed by atoms with E-state index in [4.69, 9.17) is 5.11 Å². The number of sulfone groups is 1. The number of amides is 1. The van der Waals surface area contributed by atoms with E-state index < -0.39 is 27.8 Å². The topological polar surface area (TPSA) is 113 Å². The number of rotatable bonds is 3. The molecule has 0 saturated heterocycles. The monoisotopic (exact) mass is 282 g/mol. The zero-order chi connectivity index (χ0) is 14.0. The van der Waals surface area contributed by atoms with Crippen LogP contribution in [0.1, 0.15) is 20.8 Å². The smallest absolute Gasteiger partial charge is 0.354 e. The molecule has 100 valence electrons. The number of hydrogen-bond acceptors (Lipinski definition) is 5. The first-order valence-electron chi connectivity index (χ1n) is 5.28. The van der Waals surface area contributed by atoms with Gasteiger partial charge in [0, 0.05) is 17.2 Å². The van der Waals surface area contributed by atoms with Crippen molar-refractivity contribution in [3.63, 3.8) is 0 Å². The maximum Gasteiger partial charge on any atom is 0.354 e. The zero-order valence-electron chi connectivity index (χ0n) is 9.61. The van der Waals surface area contributed by atoms with Crippen LogP contribution in [0.5, 0.6) is 0 Å². The van der Waals surface area contributed by atoms with Gasteiger partial charge in [-0.25, -0.2) is 18.2 Å². The van der Waals surface area contributed by atoms with Crippen LogP contribution in [0.3, 0.4) is 0 Å². The van der Waals surface area contributed by atoms with Crippen molar-refractivity contribution in [3.8, 4) is 0 Å². The summed E-state index contributed by atoms with van der Waals surface area (Å²) in [5.74, 6) is -1.97. The van der Waals surface area contributed by atoms with Crippen LogP contribution in [-0.4, -0.2) is 42.2 Å². The van der Waals surface area contributed by atoms with Gasteiger partial charge in [-0.1, -0.05) is 0 Å². The standard InChI is InChI=1S/C11H10N2O5S/c14-10(13-8-2-4-19(17,18)6-8)7-1-3-12-9(5-7)11(15)16/h1-5,8H,6H2,(H,13,14)(H,15,16). The Morgan fingerprint density at radius 2 is 2.16 bits per heavy atom. The van der Waals surface area contributed by atoms with E-state index in [9.17, 15) is 18.0 Å². The first-order valence-corrected chi connectivity index (χ1v) is 7.00. The van der Waals surface area contributed by atoms with Crippen LogP contribution in [0.25, 0.3) is 0 Å². The Labute approximate surface area is 108 Å². The molecule has 0 spiro atoms.